The van der Waals surface area contributed by atoms with Crippen molar-refractivity contribution in [3.63, 3.8) is 0 Å². The van der Waals surface area contributed by atoms with E-state index in [1.807, 2.05) is 61.5 Å². The van der Waals surface area contributed by atoms with Crippen molar-refractivity contribution in [2.45, 2.75) is 19.8 Å². The van der Waals surface area contributed by atoms with Crippen LogP contribution in [0.1, 0.15) is 39.1 Å². The number of hydrogen-bond acceptors (Lipinski definition) is 3. The fourth-order valence-electron chi connectivity index (χ4n) is 2.93. The Kier molecular flexibility index (Phi) is 6.53. The summed E-state index contributed by atoms with van der Waals surface area (Å²) < 4.78 is 0. The second-order valence-corrected chi connectivity index (χ2v) is 6.68. The highest BCUT2D eigenvalue weighted by Gasteiger charge is 2.12. The van der Waals surface area contributed by atoms with E-state index in [1.165, 1.54) is 0 Å². The van der Waals surface area contributed by atoms with Crippen molar-refractivity contribution in [3.05, 3.63) is 95.6 Å². The Labute approximate surface area is 169 Å². The van der Waals surface area contributed by atoms with Gasteiger partial charge in [0.1, 0.15) is 0 Å². The number of amides is 2. The van der Waals surface area contributed by atoms with E-state index in [2.05, 4.69) is 10.9 Å². The summed E-state index contributed by atoms with van der Waals surface area (Å²) in [5, 5.41) is 0. The van der Waals surface area contributed by atoms with Gasteiger partial charge >= 0.3 is 0 Å². The molecule has 0 atom stereocenters. The topological polar surface area (TPSA) is 75.3 Å². The molecule has 0 unspecified atom stereocenters. The molecule has 0 heterocycles. The van der Waals surface area contributed by atoms with Gasteiger partial charge in [0, 0.05) is 24.0 Å². The van der Waals surface area contributed by atoms with E-state index >= 15 is 0 Å². The molecule has 0 saturated carbocycles. The van der Waals surface area contributed by atoms with Crippen molar-refractivity contribution in [2.75, 3.05) is 0 Å². The molecule has 3 rings (SSSR count). The largest absolute Gasteiger partial charge is 0.294 e. The summed E-state index contributed by atoms with van der Waals surface area (Å²) in [5.74, 6) is -0.926. The molecule has 3 aromatic rings. The zero-order valence-electron chi connectivity index (χ0n) is 16.1. The molecule has 0 spiro atoms. The molecular formula is C24H22N2O3. The Morgan fingerprint density at radius 2 is 1.31 bits per heavy atom. The molecule has 146 valence electrons. The average Bonchev–Trinajstić information content (AvgIpc) is 2.77. The number of carbonyl (C=O) groups is 3. The van der Waals surface area contributed by atoms with Gasteiger partial charge in [0.2, 0.25) is 5.91 Å². The van der Waals surface area contributed by atoms with E-state index in [1.54, 1.807) is 24.3 Å². The molecule has 3 aromatic carbocycles. The van der Waals surface area contributed by atoms with Crippen LogP contribution in [-0.2, 0) is 4.79 Å². The molecule has 0 saturated heterocycles. The number of carbonyl (C=O) groups excluding carboxylic acids is 3. The molecule has 2 amide bonds. The standard InChI is InChI=1S/C24H22N2O3/c1-17-7-5-6-10-21(17)24(29)26-25-23(28)16-15-22(27)20-13-11-19(12-14-20)18-8-3-2-4-9-18/h2-14H,15-16H2,1H3,(H,25,28)(H,26,29). The molecule has 2 N–H and O–H groups in total. The summed E-state index contributed by atoms with van der Waals surface area (Å²) in [6.45, 7) is 1.82. The first-order valence-electron chi connectivity index (χ1n) is 9.38. The van der Waals surface area contributed by atoms with Gasteiger partial charge in [-0.3, -0.25) is 25.2 Å². The smallest absolute Gasteiger partial charge is 0.269 e. The zero-order chi connectivity index (χ0) is 20.6. The molecule has 0 aliphatic heterocycles. The van der Waals surface area contributed by atoms with Crippen LogP contribution in [0.2, 0.25) is 0 Å². The Balaban J connectivity index is 1.48. The van der Waals surface area contributed by atoms with Crippen LogP contribution in [0.4, 0.5) is 0 Å². The minimum atomic E-state index is -0.416. The number of Topliss-reactive ketones (excluding diaryl/α,β-unsaturated/α-hetero) is 1. The number of benzene rings is 3. The van der Waals surface area contributed by atoms with Gasteiger partial charge < -0.3 is 0 Å². The first-order valence-corrected chi connectivity index (χ1v) is 9.38. The number of ketones is 1. The summed E-state index contributed by atoms with van der Waals surface area (Å²) in [5.41, 5.74) is 8.70. The van der Waals surface area contributed by atoms with E-state index in [0.717, 1.165) is 16.7 Å². The molecular weight excluding hydrogens is 364 g/mol. The van der Waals surface area contributed by atoms with Gasteiger partial charge in [-0.05, 0) is 29.7 Å². The summed E-state index contributed by atoms with van der Waals surface area (Å²) >= 11 is 0. The van der Waals surface area contributed by atoms with E-state index in [4.69, 9.17) is 0 Å². The maximum atomic E-state index is 12.3. The Morgan fingerprint density at radius 1 is 0.690 bits per heavy atom. The quantitative estimate of drug-likeness (QED) is 0.495. The van der Waals surface area contributed by atoms with Crippen molar-refractivity contribution in [2.24, 2.45) is 0 Å². The molecule has 5 nitrogen and oxygen atoms in total. The van der Waals surface area contributed by atoms with Gasteiger partial charge in [0.05, 0.1) is 0 Å². The monoisotopic (exact) mass is 386 g/mol. The predicted octanol–water partition coefficient (Wildman–Crippen LogP) is 4.09. The minimum Gasteiger partial charge on any atom is -0.294 e. The van der Waals surface area contributed by atoms with Gasteiger partial charge in [0.25, 0.3) is 5.91 Å². The molecule has 0 fully saturated rings. The number of hydrazine groups is 1. The predicted molar refractivity (Wildman–Crippen MR) is 112 cm³/mol. The first-order chi connectivity index (χ1) is 14.0. The van der Waals surface area contributed by atoms with Crippen molar-refractivity contribution in [1.29, 1.82) is 0 Å². The van der Waals surface area contributed by atoms with Gasteiger partial charge in [-0.25, -0.2) is 0 Å². The molecule has 0 aliphatic carbocycles. The van der Waals surface area contributed by atoms with Gasteiger partial charge in [-0.2, -0.15) is 0 Å². The highest BCUT2D eigenvalue weighted by molar-refractivity contribution is 5.99. The normalized spacial score (nSPS) is 10.2. The van der Waals surface area contributed by atoms with Crippen molar-refractivity contribution in [3.8, 4) is 11.1 Å². The Morgan fingerprint density at radius 3 is 2.00 bits per heavy atom. The lowest BCUT2D eigenvalue weighted by molar-refractivity contribution is -0.121. The first kappa shape index (κ1) is 20.0. The third-order valence-corrected chi connectivity index (χ3v) is 4.60. The van der Waals surface area contributed by atoms with E-state index in [-0.39, 0.29) is 24.5 Å². The fourth-order valence-corrected chi connectivity index (χ4v) is 2.93. The number of aryl methyl sites for hydroxylation is 1. The highest BCUT2D eigenvalue weighted by Crippen LogP contribution is 2.19. The van der Waals surface area contributed by atoms with Gasteiger partial charge in [0.15, 0.2) is 5.78 Å². The molecule has 0 aliphatic rings. The van der Waals surface area contributed by atoms with Gasteiger partial charge in [-0.1, -0.05) is 72.8 Å². The second kappa shape index (κ2) is 9.46. The maximum absolute atomic E-state index is 12.3. The summed E-state index contributed by atoms with van der Waals surface area (Å²) in [6, 6.07) is 24.3. The summed E-state index contributed by atoms with van der Waals surface area (Å²) in [7, 11) is 0. The maximum Gasteiger partial charge on any atom is 0.269 e. The van der Waals surface area contributed by atoms with Crippen LogP contribution < -0.4 is 10.9 Å². The van der Waals surface area contributed by atoms with Crippen molar-refractivity contribution >= 4 is 17.6 Å². The summed E-state index contributed by atoms with van der Waals surface area (Å²) in [4.78, 5) is 36.4. The average molecular weight is 386 g/mol. The lowest BCUT2D eigenvalue weighted by Crippen LogP contribution is -2.41. The lowest BCUT2D eigenvalue weighted by atomic mass is 10.0. The minimum absolute atomic E-state index is 0.00663. The van der Waals surface area contributed by atoms with Crippen LogP contribution in [-0.4, -0.2) is 17.6 Å². The third-order valence-electron chi connectivity index (χ3n) is 4.60. The van der Waals surface area contributed by atoms with Crippen LogP contribution >= 0.6 is 0 Å². The van der Waals surface area contributed by atoms with Crippen LogP contribution in [0, 0.1) is 6.92 Å². The van der Waals surface area contributed by atoms with Crippen LogP contribution in [0.5, 0.6) is 0 Å². The third kappa shape index (κ3) is 5.39. The fraction of sp³-hybridized carbons (Fsp3) is 0.125. The van der Waals surface area contributed by atoms with Crippen LogP contribution in [0.15, 0.2) is 78.9 Å². The number of nitrogens with one attached hydrogen (secondary N) is 2. The zero-order valence-corrected chi connectivity index (χ0v) is 16.1. The van der Waals surface area contributed by atoms with Crippen LogP contribution in [0.25, 0.3) is 11.1 Å². The lowest BCUT2D eigenvalue weighted by Gasteiger charge is -2.09. The molecule has 29 heavy (non-hydrogen) atoms. The number of rotatable bonds is 6. The molecule has 0 bridgehead atoms. The van der Waals surface area contributed by atoms with E-state index in [9.17, 15) is 14.4 Å². The number of hydrogen-bond donors (Lipinski definition) is 2. The second-order valence-electron chi connectivity index (χ2n) is 6.68. The van der Waals surface area contributed by atoms with Crippen molar-refractivity contribution in [1.82, 2.24) is 10.9 Å². The molecule has 0 aromatic heterocycles. The Hall–Kier alpha value is -3.73. The van der Waals surface area contributed by atoms with Crippen LogP contribution in [0.3, 0.4) is 0 Å². The SMILES string of the molecule is Cc1ccccc1C(=O)NNC(=O)CCC(=O)c1ccc(-c2ccccc2)cc1. The highest BCUT2D eigenvalue weighted by atomic mass is 16.2. The van der Waals surface area contributed by atoms with E-state index in [0.29, 0.717) is 11.1 Å². The molecule has 5 heteroatoms. The molecule has 0 radical (unpaired) electrons. The van der Waals surface area contributed by atoms with Gasteiger partial charge in [-0.15, -0.1) is 0 Å². The van der Waals surface area contributed by atoms with Crippen molar-refractivity contribution < 1.29 is 14.4 Å². The Bertz CT molecular complexity index is 1010. The van der Waals surface area contributed by atoms with E-state index < -0.39 is 5.91 Å². The summed E-state index contributed by atoms with van der Waals surface area (Å²) in [6.07, 6.45) is 0.0596.